The fourth-order valence-electron chi connectivity index (χ4n) is 1.95. The summed E-state index contributed by atoms with van der Waals surface area (Å²) in [5, 5.41) is 9.38. The van der Waals surface area contributed by atoms with Gasteiger partial charge in [-0.2, -0.15) is 0 Å². The summed E-state index contributed by atoms with van der Waals surface area (Å²) in [7, 11) is 1.75. The Morgan fingerprint density at radius 3 is 2.26 bits per heavy atom. The number of carbonyl (C=O) groups excluding carboxylic acids is 1. The van der Waals surface area contributed by atoms with E-state index in [1.807, 2.05) is 38.1 Å². The molecule has 0 unspecified atom stereocenters. The summed E-state index contributed by atoms with van der Waals surface area (Å²) >= 11 is 0. The van der Waals surface area contributed by atoms with Gasteiger partial charge in [0.05, 0.1) is 0 Å². The van der Waals surface area contributed by atoms with E-state index in [1.165, 1.54) is 6.07 Å². The highest BCUT2D eigenvalue weighted by atomic mass is 16.3. The molecule has 2 aromatic carbocycles. The van der Waals surface area contributed by atoms with E-state index in [4.69, 9.17) is 0 Å². The number of carbonyl (C=O) groups is 1. The van der Waals surface area contributed by atoms with E-state index in [-0.39, 0.29) is 11.7 Å². The van der Waals surface area contributed by atoms with Gasteiger partial charge in [-0.1, -0.05) is 17.7 Å². The van der Waals surface area contributed by atoms with Crippen LogP contribution in [0.25, 0.3) is 0 Å². The normalized spacial score (nSPS) is 10.3. The number of phenols is 1. The molecule has 3 nitrogen and oxygen atoms in total. The molecule has 2 aromatic rings. The smallest absolute Gasteiger partial charge is 0.258 e. The summed E-state index contributed by atoms with van der Waals surface area (Å²) in [6.07, 6.45) is 0. The van der Waals surface area contributed by atoms with Crippen molar-refractivity contribution in [2.45, 2.75) is 13.8 Å². The fourth-order valence-corrected chi connectivity index (χ4v) is 1.95. The third-order valence-electron chi connectivity index (χ3n) is 3.17. The van der Waals surface area contributed by atoms with Crippen LogP contribution in [-0.2, 0) is 0 Å². The molecule has 0 spiro atoms. The van der Waals surface area contributed by atoms with Crippen LogP contribution in [0.1, 0.15) is 21.5 Å². The lowest BCUT2D eigenvalue weighted by Crippen LogP contribution is -2.26. The minimum Gasteiger partial charge on any atom is -0.508 e. The van der Waals surface area contributed by atoms with Gasteiger partial charge in [-0.15, -0.1) is 0 Å². The molecule has 0 aliphatic heterocycles. The number of phenolic OH excluding ortho intramolecular Hbond substituents is 1. The number of benzene rings is 2. The second-order valence-electron chi connectivity index (χ2n) is 4.70. The van der Waals surface area contributed by atoms with Crippen molar-refractivity contribution in [2.75, 3.05) is 11.9 Å². The molecule has 1 amide bonds. The van der Waals surface area contributed by atoms with Crippen molar-refractivity contribution >= 4 is 11.6 Å². The molecular formula is C16H17NO2. The van der Waals surface area contributed by atoms with Crippen LogP contribution in [0.15, 0.2) is 42.5 Å². The van der Waals surface area contributed by atoms with E-state index in [0.717, 1.165) is 16.8 Å². The summed E-state index contributed by atoms with van der Waals surface area (Å²) in [5.74, 6) is 0.0911. The second-order valence-corrected chi connectivity index (χ2v) is 4.70. The number of rotatable bonds is 2. The second kappa shape index (κ2) is 5.14. The maximum atomic E-state index is 12.4. The molecule has 0 saturated carbocycles. The van der Waals surface area contributed by atoms with Gasteiger partial charge in [-0.05, 0) is 49.7 Å². The van der Waals surface area contributed by atoms with E-state index in [9.17, 15) is 9.90 Å². The predicted molar refractivity (Wildman–Crippen MR) is 76.8 cm³/mol. The number of aryl methyl sites for hydroxylation is 2. The van der Waals surface area contributed by atoms with E-state index in [1.54, 1.807) is 24.1 Å². The van der Waals surface area contributed by atoms with Crippen LogP contribution in [0.3, 0.4) is 0 Å². The predicted octanol–water partition coefficient (Wildman–Crippen LogP) is 3.29. The molecule has 2 rings (SSSR count). The topological polar surface area (TPSA) is 40.5 Å². The Labute approximate surface area is 113 Å². The molecule has 0 aliphatic carbocycles. The SMILES string of the molecule is Cc1ccc(N(C)C(=O)c2ccc(O)cc2C)cc1. The quantitative estimate of drug-likeness (QED) is 0.894. The van der Waals surface area contributed by atoms with E-state index in [0.29, 0.717) is 5.56 Å². The first-order valence-electron chi connectivity index (χ1n) is 6.13. The summed E-state index contributed by atoms with van der Waals surface area (Å²) in [4.78, 5) is 14.0. The van der Waals surface area contributed by atoms with Crippen LogP contribution in [0.2, 0.25) is 0 Å². The number of amides is 1. The molecule has 0 radical (unpaired) electrons. The highest BCUT2D eigenvalue weighted by Gasteiger charge is 2.15. The fraction of sp³-hybridized carbons (Fsp3) is 0.188. The lowest BCUT2D eigenvalue weighted by molar-refractivity contribution is 0.0992. The third kappa shape index (κ3) is 2.76. The number of aromatic hydroxyl groups is 1. The lowest BCUT2D eigenvalue weighted by atomic mass is 10.1. The molecule has 3 heteroatoms. The van der Waals surface area contributed by atoms with Crippen molar-refractivity contribution in [3.05, 3.63) is 59.2 Å². The monoisotopic (exact) mass is 255 g/mol. The lowest BCUT2D eigenvalue weighted by Gasteiger charge is -2.18. The minimum absolute atomic E-state index is 0.0821. The average molecular weight is 255 g/mol. The standard InChI is InChI=1S/C16H17NO2/c1-11-4-6-13(7-5-11)17(3)16(19)15-9-8-14(18)10-12(15)2/h4-10,18H,1-3H3. The van der Waals surface area contributed by atoms with Gasteiger partial charge >= 0.3 is 0 Å². The van der Waals surface area contributed by atoms with Crippen molar-refractivity contribution in [2.24, 2.45) is 0 Å². The Bertz CT molecular complexity index is 603. The molecule has 0 bridgehead atoms. The van der Waals surface area contributed by atoms with Crippen molar-refractivity contribution in [3.8, 4) is 5.75 Å². The summed E-state index contributed by atoms with van der Waals surface area (Å²) in [5.41, 5.74) is 3.37. The van der Waals surface area contributed by atoms with Crippen molar-refractivity contribution in [1.82, 2.24) is 0 Å². The van der Waals surface area contributed by atoms with Gasteiger partial charge in [0.15, 0.2) is 0 Å². The zero-order valence-corrected chi connectivity index (χ0v) is 11.3. The Morgan fingerprint density at radius 2 is 1.68 bits per heavy atom. The van der Waals surface area contributed by atoms with Gasteiger partial charge in [-0.3, -0.25) is 4.79 Å². The van der Waals surface area contributed by atoms with Crippen LogP contribution >= 0.6 is 0 Å². The molecule has 0 aromatic heterocycles. The van der Waals surface area contributed by atoms with Crippen LogP contribution in [0.4, 0.5) is 5.69 Å². The van der Waals surface area contributed by atoms with Crippen LogP contribution in [-0.4, -0.2) is 18.1 Å². The van der Waals surface area contributed by atoms with Gasteiger partial charge in [0, 0.05) is 18.3 Å². The van der Waals surface area contributed by atoms with Crippen LogP contribution < -0.4 is 4.90 Å². The minimum atomic E-state index is -0.0821. The zero-order chi connectivity index (χ0) is 14.0. The third-order valence-corrected chi connectivity index (χ3v) is 3.17. The van der Waals surface area contributed by atoms with E-state index in [2.05, 4.69) is 0 Å². The van der Waals surface area contributed by atoms with Crippen LogP contribution in [0, 0.1) is 13.8 Å². The number of anilines is 1. The highest BCUT2D eigenvalue weighted by Crippen LogP contribution is 2.20. The van der Waals surface area contributed by atoms with Crippen LogP contribution in [0.5, 0.6) is 5.75 Å². The largest absolute Gasteiger partial charge is 0.508 e. The molecule has 0 fully saturated rings. The Hall–Kier alpha value is -2.29. The van der Waals surface area contributed by atoms with E-state index >= 15 is 0 Å². The van der Waals surface area contributed by atoms with Gasteiger partial charge in [0.25, 0.3) is 5.91 Å². The number of nitrogens with zero attached hydrogens (tertiary/aromatic N) is 1. The van der Waals surface area contributed by atoms with E-state index < -0.39 is 0 Å². The van der Waals surface area contributed by atoms with Crippen molar-refractivity contribution < 1.29 is 9.90 Å². The molecule has 0 atom stereocenters. The van der Waals surface area contributed by atoms with Gasteiger partial charge in [0.2, 0.25) is 0 Å². The summed E-state index contributed by atoms with van der Waals surface area (Å²) < 4.78 is 0. The van der Waals surface area contributed by atoms with Gasteiger partial charge < -0.3 is 10.0 Å². The average Bonchev–Trinajstić information content (AvgIpc) is 2.38. The first-order chi connectivity index (χ1) is 8.99. The van der Waals surface area contributed by atoms with Crippen molar-refractivity contribution in [3.63, 3.8) is 0 Å². The molecule has 1 N–H and O–H groups in total. The number of hydrogen-bond acceptors (Lipinski definition) is 2. The maximum Gasteiger partial charge on any atom is 0.258 e. The molecular weight excluding hydrogens is 238 g/mol. The molecule has 0 aliphatic rings. The summed E-state index contributed by atoms with van der Waals surface area (Å²) in [6, 6.07) is 12.6. The molecule has 98 valence electrons. The van der Waals surface area contributed by atoms with Crippen molar-refractivity contribution in [1.29, 1.82) is 0 Å². The molecule has 0 heterocycles. The zero-order valence-electron chi connectivity index (χ0n) is 11.3. The van der Waals surface area contributed by atoms with Gasteiger partial charge in [-0.25, -0.2) is 0 Å². The summed E-state index contributed by atoms with van der Waals surface area (Å²) in [6.45, 7) is 3.83. The van der Waals surface area contributed by atoms with Gasteiger partial charge in [0.1, 0.15) is 5.75 Å². The Balaban J connectivity index is 2.30. The first-order valence-corrected chi connectivity index (χ1v) is 6.13. The Morgan fingerprint density at radius 1 is 1.05 bits per heavy atom. The molecule has 0 saturated heterocycles. The first kappa shape index (κ1) is 13.1. The Kier molecular flexibility index (Phi) is 3.56. The highest BCUT2D eigenvalue weighted by molar-refractivity contribution is 6.06. The maximum absolute atomic E-state index is 12.4. The number of hydrogen-bond donors (Lipinski definition) is 1. The molecule has 19 heavy (non-hydrogen) atoms.